The van der Waals surface area contributed by atoms with E-state index >= 15 is 0 Å². The summed E-state index contributed by atoms with van der Waals surface area (Å²) in [5.41, 5.74) is 0.674. The maximum atomic E-state index is 12.6. The monoisotopic (exact) mass is 246 g/mol. The molecule has 3 heterocycles. The number of piperazine rings is 1. The molecule has 2 atom stereocenters. The first-order chi connectivity index (χ1) is 8.79. The van der Waals surface area contributed by atoms with Crippen LogP contribution in [0.3, 0.4) is 0 Å². The molecule has 3 saturated heterocycles. The number of hydrogen-bond acceptors (Lipinski definition) is 3. The number of hydrogen-bond donors (Lipinski definition) is 1. The van der Waals surface area contributed by atoms with E-state index in [1.807, 2.05) is 29.2 Å². The van der Waals surface area contributed by atoms with Crippen molar-refractivity contribution in [2.75, 3.05) is 20.2 Å². The smallest absolute Gasteiger partial charge is 0.257 e. The van der Waals surface area contributed by atoms with Crippen LogP contribution in [0.5, 0.6) is 5.75 Å². The van der Waals surface area contributed by atoms with Crippen LogP contribution in [0.1, 0.15) is 23.2 Å². The first-order valence-corrected chi connectivity index (χ1v) is 6.47. The number of piperidine rings is 2. The Kier molecular flexibility index (Phi) is 2.96. The quantitative estimate of drug-likeness (QED) is 0.854. The summed E-state index contributed by atoms with van der Waals surface area (Å²) in [4.78, 5) is 14.6. The van der Waals surface area contributed by atoms with Crippen LogP contribution in [0.4, 0.5) is 0 Å². The minimum absolute atomic E-state index is 0.101. The summed E-state index contributed by atoms with van der Waals surface area (Å²) < 4.78 is 5.27. The molecule has 0 radical (unpaired) electrons. The van der Waals surface area contributed by atoms with Crippen molar-refractivity contribution in [1.82, 2.24) is 10.2 Å². The number of nitrogens with zero attached hydrogens (tertiary/aromatic N) is 1. The third-order valence-corrected chi connectivity index (χ3v) is 3.95. The Morgan fingerprint density at radius 3 is 2.83 bits per heavy atom. The number of para-hydroxylation sites is 1. The van der Waals surface area contributed by atoms with Crippen molar-refractivity contribution < 1.29 is 9.53 Å². The number of rotatable bonds is 2. The summed E-state index contributed by atoms with van der Waals surface area (Å²) in [7, 11) is 1.61. The zero-order chi connectivity index (χ0) is 12.5. The van der Waals surface area contributed by atoms with E-state index in [0.717, 1.165) is 19.5 Å². The van der Waals surface area contributed by atoms with Gasteiger partial charge in [0.2, 0.25) is 0 Å². The van der Waals surface area contributed by atoms with Gasteiger partial charge in [0, 0.05) is 25.2 Å². The van der Waals surface area contributed by atoms with Crippen molar-refractivity contribution in [2.45, 2.75) is 24.9 Å². The summed E-state index contributed by atoms with van der Waals surface area (Å²) >= 11 is 0. The van der Waals surface area contributed by atoms with E-state index in [1.165, 1.54) is 6.42 Å². The lowest BCUT2D eigenvalue weighted by molar-refractivity contribution is 0.0438. The largest absolute Gasteiger partial charge is 0.496 e. The number of fused-ring (bicyclic) bond motifs is 3. The highest BCUT2D eigenvalue weighted by Crippen LogP contribution is 2.26. The second-order valence-electron chi connectivity index (χ2n) is 4.99. The van der Waals surface area contributed by atoms with Crippen LogP contribution < -0.4 is 10.1 Å². The normalized spacial score (nSPS) is 26.2. The first-order valence-electron chi connectivity index (χ1n) is 6.47. The maximum Gasteiger partial charge on any atom is 0.257 e. The van der Waals surface area contributed by atoms with E-state index in [-0.39, 0.29) is 5.91 Å². The molecule has 1 amide bonds. The number of carbonyl (C=O) groups is 1. The van der Waals surface area contributed by atoms with Gasteiger partial charge in [-0.1, -0.05) is 12.1 Å². The number of amides is 1. The van der Waals surface area contributed by atoms with Gasteiger partial charge in [0.1, 0.15) is 5.75 Å². The van der Waals surface area contributed by atoms with Crippen LogP contribution in [0, 0.1) is 0 Å². The van der Waals surface area contributed by atoms with Crippen molar-refractivity contribution in [2.24, 2.45) is 0 Å². The Labute approximate surface area is 107 Å². The van der Waals surface area contributed by atoms with E-state index < -0.39 is 0 Å². The Morgan fingerprint density at radius 2 is 2.22 bits per heavy atom. The van der Waals surface area contributed by atoms with Gasteiger partial charge in [-0.25, -0.2) is 0 Å². The van der Waals surface area contributed by atoms with Gasteiger partial charge in [-0.15, -0.1) is 0 Å². The predicted molar refractivity (Wildman–Crippen MR) is 68.8 cm³/mol. The second kappa shape index (κ2) is 4.61. The average molecular weight is 246 g/mol. The zero-order valence-corrected chi connectivity index (χ0v) is 10.6. The highest BCUT2D eigenvalue weighted by atomic mass is 16.5. The van der Waals surface area contributed by atoms with Crippen LogP contribution >= 0.6 is 0 Å². The molecular weight excluding hydrogens is 228 g/mol. The molecule has 0 spiro atoms. The Morgan fingerprint density at radius 1 is 1.39 bits per heavy atom. The number of methoxy groups -OCH3 is 1. The Balaban J connectivity index is 1.86. The minimum Gasteiger partial charge on any atom is -0.496 e. The van der Waals surface area contributed by atoms with Crippen molar-refractivity contribution in [3.8, 4) is 5.75 Å². The van der Waals surface area contributed by atoms with Crippen LogP contribution in [-0.2, 0) is 0 Å². The third kappa shape index (κ3) is 1.86. The van der Waals surface area contributed by atoms with Gasteiger partial charge < -0.3 is 15.0 Å². The van der Waals surface area contributed by atoms with Gasteiger partial charge in [0.05, 0.1) is 12.7 Å². The average Bonchev–Trinajstić information content (AvgIpc) is 2.47. The van der Waals surface area contributed by atoms with Crippen molar-refractivity contribution in [3.05, 3.63) is 29.8 Å². The third-order valence-electron chi connectivity index (χ3n) is 3.95. The molecule has 96 valence electrons. The van der Waals surface area contributed by atoms with E-state index in [0.29, 0.717) is 23.4 Å². The molecule has 3 aliphatic rings. The van der Waals surface area contributed by atoms with Gasteiger partial charge in [0.15, 0.2) is 0 Å². The van der Waals surface area contributed by atoms with E-state index in [9.17, 15) is 4.79 Å². The lowest BCUT2D eigenvalue weighted by Gasteiger charge is -2.46. The summed E-state index contributed by atoms with van der Waals surface area (Å²) in [6, 6.07) is 8.27. The molecule has 0 aromatic heterocycles. The van der Waals surface area contributed by atoms with Crippen molar-refractivity contribution in [3.63, 3.8) is 0 Å². The molecule has 3 aliphatic heterocycles. The molecule has 1 aromatic rings. The van der Waals surface area contributed by atoms with Gasteiger partial charge in [-0.2, -0.15) is 0 Å². The molecule has 3 fully saturated rings. The van der Waals surface area contributed by atoms with Gasteiger partial charge in [-0.3, -0.25) is 4.79 Å². The molecule has 0 saturated carbocycles. The second-order valence-corrected chi connectivity index (χ2v) is 4.99. The van der Waals surface area contributed by atoms with Crippen LogP contribution in [-0.4, -0.2) is 43.1 Å². The Bertz CT molecular complexity index is 453. The topological polar surface area (TPSA) is 41.6 Å². The van der Waals surface area contributed by atoms with Gasteiger partial charge >= 0.3 is 0 Å². The number of benzene rings is 1. The fraction of sp³-hybridized carbons (Fsp3) is 0.500. The minimum atomic E-state index is 0.101. The van der Waals surface area contributed by atoms with Crippen LogP contribution in [0.25, 0.3) is 0 Å². The van der Waals surface area contributed by atoms with E-state index in [4.69, 9.17) is 4.74 Å². The highest BCUT2D eigenvalue weighted by Gasteiger charge is 2.36. The molecule has 4 nitrogen and oxygen atoms in total. The molecule has 4 heteroatoms. The van der Waals surface area contributed by atoms with Gasteiger partial charge in [0.25, 0.3) is 5.91 Å². The first kappa shape index (κ1) is 11.5. The summed E-state index contributed by atoms with van der Waals surface area (Å²) in [5.74, 6) is 0.764. The maximum absolute atomic E-state index is 12.6. The zero-order valence-electron chi connectivity index (χ0n) is 10.6. The van der Waals surface area contributed by atoms with E-state index in [1.54, 1.807) is 7.11 Å². The molecule has 1 aromatic carbocycles. The molecule has 18 heavy (non-hydrogen) atoms. The van der Waals surface area contributed by atoms with Crippen molar-refractivity contribution >= 4 is 5.91 Å². The van der Waals surface area contributed by atoms with Crippen LogP contribution in [0.2, 0.25) is 0 Å². The fourth-order valence-corrected chi connectivity index (χ4v) is 2.93. The highest BCUT2D eigenvalue weighted by molar-refractivity contribution is 5.97. The molecular formula is C14H18N2O2. The molecule has 2 unspecified atom stereocenters. The predicted octanol–water partition coefficient (Wildman–Crippen LogP) is 1.27. The number of nitrogens with one attached hydrogen (secondary N) is 1. The standard InChI is InChI=1S/C14H18N2O2/c1-18-13-5-3-2-4-12(13)14(17)16-9-10-6-7-11(16)8-15-10/h2-5,10-11,15H,6-9H2,1H3. The molecule has 4 rings (SSSR count). The molecule has 1 N–H and O–H groups in total. The number of ether oxygens (including phenoxy) is 1. The molecule has 2 bridgehead atoms. The lowest BCUT2D eigenvalue weighted by atomic mass is 9.92. The molecule has 0 aliphatic carbocycles. The van der Waals surface area contributed by atoms with Crippen LogP contribution in [0.15, 0.2) is 24.3 Å². The summed E-state index contributed by atoms with van der Waals surface area (Å²) in [6.45, 7) is 1.74. The van der Waals surface area contributed by atoms with E-state index in [2.05, 4.69) is 5.32 Å². The van der Waals surface area contributed by atoms with Gasteiger partial charge in [-0.05, 0) is 25.0 Å². The summed E-state index contributed by atoms with van der Waals surface area (Å²) in [5, 5.41) is 3.46. The Hall–Kier alpha value is -1.55. The number of carbonyl (C=O) groups excluding carboxylic acids is 1. The SMILES string of the molecule is COc1ccccc1C(=O)N1CC2CCC1CN2. The van der Waals surface area contributed by atoms with Crippen molar-refractivity contribution in [1.29, 1.82) is 0 Å². The lowest BCUT2D eigenvalue weighted by Crippen LogP contribution is -2.62. The fourth-order valence-electron chi connectivity index (χ4n) is 2.93. The summed E-state index contributed by atoms with van der Waals surface area (Å²) in [6.07, 6.45) is 2.29.